The molecule has 1 saturated heterocycles. The molecule has 0 bridgehead atoms. The Kier molecular flexibility index (Phi) is 4.12. The van der Waals surface area contributed by atoms with Gasteiger partial charge in [0.1, 0.15) is 12.2 Å². The van der Waals surface area contributed by atoms with Gasteiger partial charge in [-0.25, -0.2) is 0 Å². The van der Waals surface area contributed by atoms with Crippen LogP contribution in [0.5, 0.6) is 0 Å². The normalized spacial score (nSPS) is 25.4. The highest BCUT2D eigenvalue weighted by molar-refractivity contribution is 4.86. The molecule has 2 atom stereocenters. The van der Waals surface area contributed by atoms with Crippen LogP contribution in [0.25, 0.3) is 0 Å². The first-order valence-electron chi connectivity index (χ1n) is 6.34. The molecular formula is C12H22N4O. The zero-order chi connectivity index (χ0) is 12.3. The summed E-state index contributed by atoms with van der Waals surface area (Å²) < 4.78 is 7.71. The Balaban J connectivity index is 1.81. The maximum Gasteiger partial charge on any atom is 0.146 e. The summed E-state index contributed by atoms with van der Waals surface area (Å²) in [5, 5.41) is 11.5. The van der Waals surface area contributed by atoms with E-state index in [4.69, 9.17) is 4.74 Å². The maximum atomic E-state index is 5.76. The van der Waals surface area contributed by atoms with E-state index in [9.17, 15) is 0 Å². The second-order valence-corrected chi connectivity index (χ2v) is 5.11. The van der Waals surface area contributed by atoms with Gasteiger partial charge in [-0.15, -0.1) is 10.2 Å². The molecular weight excluding hydrogens is 216 g/mol. The SMILES string of the molecule is CC(C)C1CC(NCc2nncn2C)CCO1. The van der Waals surface area contributed by atoms with Crippen LogP contribution in [0.4, 0.5) is 0 Å². The molecule has 2 unspecified atom stereocenters. The van der Waals surface area contributed by atoms with Gasteiger partial charge >= 0.3 is 0 Å². The zero-order valence-corrected chi connectivity index (χ0v) is 10.9. The van der Waals surface area contributed by atoms with Crippen LogP contribution in [0.15, 0.2) is 6.33 Å². The number of nitrogens with one attached hydrogen (secondary N) is 1. The van der Waals surface area contributed by atoms with Gasteiger partial charge in [-0.3, -0.25) is 0 Å². The van der Waals surface area contributed by atoms with Crippen molar-refractivity contribution >= 4 is 0 Å². The van der Waals surface area contributed by atoms with Crippen LogP contribution in [0.3, 0.4) is 0 Å². The van der Waals surface area contributed by atoms with Crippen LogP contribution in [0.1, 0.15) is 32.5 Å². The summed E-state index contributed by atoms with van der Waals surface area (Å²) in [4.78, 5) is 0. The molecule has 96 valence electrons. The molecule has 1 aliphatic rings. The summed E-state index contributed by atoms with van der Waals surface area (Å²) in [6.45, 7) is 6.08. The van der Waals surface area contributed by atoms with E-state index in [1.54, 1.807) is 6.33 Å². The van der Waals surface area contributed by atoms with Crippen molar-refractivity contribution in [2.24, 2.45) is 13.0 Å². The van der Waals surface area contributed by atoms with E-state index in [1.165, 1.54) is 0 Å². The minimum atomic E-state index is 0.390. The molecule has 1 N–H and O–H groups in total. The zero-order valence-electron chi connectivity index (χ0n) is 10.9. The predicted molar refractivity (Wildman–Crippen MR) is 65.4 cm³/mol. The highest BCUT2D eigenvalue weighted by atomic mass is 16.5. The molecule has 0 aliphatic carbocycles. The maximum absolute atomic E-state index is 5.76. The van der Waals surface area contributed by atoms with Gasteiger partial charge < -0.3 is 14.6 Å². The Morgan fingerprint density at radius 1 is 1.59 bits per heavy atom. The standard InChI is InChI=1S/C12H22N4O/c1-9(2)11-6-10(4-5-17-11)13-7-12-15-14-8-16(12)3/h8-11,13H,4-7H2,1-3H3. The van der Waals surface area contributed by atoms with Crippen molar-refractivity contribution in [3.05, 3.63) is 12.2 Å². The molecule has 0 amide bonds. The lowest BCUT2D eigenvalue weighted by Gasteiger charge is -2.32. The molecule has 5 heteroatoms. The quantitative estimate of drug-likeness (QED) is 0.853. The van der Waals surface area contributed by atoms with Crippen LogP contribution in [0.2, 0.25) is 0 Å². The van der Waals surface area contributed by atoms with Crippen molar-refractivity contribution in [3.8, 4) is 0 Å². The lowest BCUT2D eigenvalue weighted by molar-refractivity contribution is -0.0246. The van der Waals surface area contributed by atoms with E-state index in [0.29, 0.717) is 18.1 Å². The minimum Gasteiger partial charge on any atom is -0.378 e. The highest BCUT2D eigenvalue weighted by Gasteiger charge is 2.24. The molecule has 1 aromatic rings. The van der Waals surface area contributed by atoms with Gasteiger partial charge in [0.15, 0.2) is 0 Å². The second kappa shape index (κ2) is 5.60. The summed E-state index contributed by atoms with van der Waals surface area (Å²) >= 11 is 0. The van der Waals surface area contributed by atoms with Gasteiger partial charge in [0, 0.05) is 19.7 Å². The van der Waals surface area contributed by atoms with Gasteiger partial charge in [-0.1, -0.05) is 13.8 Å². The number of hydrogen-bond donors (Lipinski definition) is 1. The molecule has 1 aromatic heterocycles. The fourth-order valence-corrected chi connectivity index (χ4v) is 2.18. The monoisotopic (exact) mass is 238 g/mol. The summed E-state index contributed by atoms with van der Waals surface area (Å²) in [6, 6.07) is 0.535. The third-order valence-corrected chi connectivity index (χ3v) is 3.41. The van der Waals surface area contributed by atoms with E-state index in [0.717, 1.165) is 31.8 Å². The Morgan fingerprint density at radius 3 is 3.06 bits per heavy atom. The molecule has 5 nitrogen and oxygen atoms in total. The lowest BCUT2D eigenvalue weighted by atomic mass is 9.95. The number of aromatic nitrogens is 3. The summed E-state index contributed by atoms with van der Waals surface area (Å²) in [6.07, 6.45) is 4.30. The lowest BCUT2D eigenvalue weighted by Crippen LogP contribution is -2.40. The fourth-order valence-electron chi connectivity index (χ4n) is 2.18. The second-order valence-electron chi connectivity index (χ2n) is 5.11. The van der Waals surface area contributed by atoms with Gasteiger partial charge in [-0.05, 0) is 18.8 Å². The van der Waals surface area contributed by atoms with Crippen LogP contribution in [-0.2, 0) is 18.3 Å². The summed E-state index contributed by atoms with van der Waals surface area (Å²) in [5.74, 6) is 1.58. The molecule has 1 fully saturated rings. The van der Waals surface area contributed by atoms with E-state index < -0.39 is 0 Å². The van der Waals surface area contributed by atoms with Gasteiger partial charge in [0.25, 0.3) is 0 Å². The van der Waals surface area contributed by atoms with Crippen molar-refractivity contribution in [1.29, 1.82) is 0 Å². The Labute approximate surface area is 103 Å². The smallest absolute Gasteiger partial charge is 0.146 e. The molecule has 1 aliphatic heterocycles. The van der Waals surface area contributed by atoms with Crippen molar-refractivity contribution < 1.29 is 4.74 Å². The molecule has 2 rings (SSSR count). The molecule has 0 saturated carbocycles. The van der Waals surface area contributed by atoms with Gasteiger partial charge in [-0.2, -0.15) is 0 Å². The van der Waals surface area contributed by atoms with Crippen LogP contribution in [0, 0.1) is 5.92 Å². The Bertz CT molecular complexity index is 350. The van der Waals surface area contributed by atoms with Gasteiger partial charge in [0.2, 0.25) is 0 Å². The Morgan fingerprint density at radius 2 is 2.41 bits per heavy atom. The summed E-state index contributed by atoms with van der Waals surface area (Å²) in [7, 11) is 1.97. The molecule has 0 spiro atoms. The van der Waals surface area contributed by atoms with E-state index in [1.807, 2.05) is 11.6 Å². The van der Waals surface area contributed by atoms with Crippen molar-refractivity contribution in [2.75, 3.05) is 6.61 Å². The number of rotatable bonds is 4. The first kappa shape index (κ1) is 12.5. The topological polar surface area (TPSA) is 52.0 Å². The van der Waals surface area contributed by atoms with Crippen LogP contribution < -0.4 is 5.32 Å². The van der Waals surface area contributed by atoms with Crippen molar-refractivity contribution in [3.63, 3.8) is 0 Å². The number of nitrogens with zero attached hydrogens (tertiary/aromatic N) is 3. The Hall–Kier alpha value is -0.940. The van der Waals surface area contributed by atoms with Crippen molar-refractivity contribution in [2.45, 2.75) is 45.4 Å². The minimum absolute atomic E-state index is 0.390. The molecule has 17 heavy (non-hydrogen) atoms. The van der Waals surface area contributed by atoms with E-state index in [-0.39, 0.29) is 0 Å². The average molecular weight is 238 g/mol. The third kappa shape index (κ3) is 3.26. The van der Waals surface area contributed by atoms with E-state index in [2.05, 4.69) is 29.4 Å². The first-order chi connectivity index (χ1) is 8.16. The first-order valence-corrected chi connectivity index (χ1v) is 6.34. The highest BCUT2D eigenvalue weighted by Crippen LogP contribution is 2.20. The largest absolute Gasteiger partial charge is 0.378 e. The predicted octanol–water partition coefficient (Wildman–Crippen LogP) is 1.11. The number of aryl methyl sites for hydroxylation is 1. The average Bonchev–Trinajstić information content (AvgIpc) is 2.72. The molecule has 2 heterocycles. The summed E-state index contributed by atoms with van der Waals surface area (Å²) in [5.41, 5.74) is 0. The van der Waals surface area contributed by atoms with Crippen LogP contribution in [-0.4, -0.2) is 33.5 Å². The third-order valence-electron chi connectivity index (χ3n) is 3.41. The van der Waals surface area contributed by atoms with E-state index >= 15 is 0 Å². The number of ether oxygens (including phenoxy) is 1. The fraction of sp³-hybridized carbons (Fsp3) is 0.833. The van der Waals surface area contributed by atoms with Crippen LogP contribution >= 0.6 is 0 Å². The van der Waals surface area contributed by atoms with Gasteiger partial charge in [0.05, 0.1) is 12.6 Å². The van der Waals surface area contributed by atoms with Crippen molar-refractivity contribution in [1.82, 2.24) is 20.1 Å². The number of hydrogen-bond acceptors (Lipinski definition) is 4. The molecule has 0 aromatic carbocycles. The molecule has 0 radical (unpaired) electrons.